The minimum absolute atomic E-state index is 0.0867. The Labute approximate surface area is 197 Å². The van der Waals surface area contributed by atoms with E-state index in [4.69, 9.17) is 4.74 Å². The van der Waals surface area contributed by atoms with E-state index >= 15 is 0 Å². The van der Waals surface area contributed by atoms with Crippen LogP contribution in [-0.4, -0.2) is 36.5 Å². The number of carbonyl (C=O) groups excluding carboxylic acids is 3. The summed E-state index contributed by atoms with van der Waals surface area (Å²) in [5.74, 6) is -0.580. The maximum atomic E-state index is 14.3. The lowest BCUT2D eigenvalue weighted by Crippen LogP contribution is -2.48. The Kier molecular flexibility index (Phi) is 4.40. The minimum atomic E-state index is -1.45. The van der Waals surface area contributed by atoms with Gasteiger partial charge < -0.3 is 9.64 Å². The number of fused-ring (bicyclic) bond motifs is 5. The van der Waals surface area contributed by atoms with Crippen LogP contribution in [0.25, 0.3) is 6.08 Å². The number of rotatable bonds is 3. The third-order valence-electron chi connectivity index (χ3n) is 7.58. The van der Waals surface area contributed by atoms with Crippen molar-refractivity contribution >= 4 is 29.1 Å². The minimum Gasteiger partial charge on any atom is -0.497 e. The molecule has 1 unspecified atom stereocenters. The largest absolute Gasteiger partial charge is 0.497 e. The van der Waals surface area contributed by atoms with Crippen molar-refractivity contribution in [3.8, 4) is 5.75 Å². The fraction of sp³-hybridized carbons (Fsp3) is 0.207. The normalized spacial score (nSPS) is 23.6. The summed E-state index contributed by atoms with van der Waals surface area (Å²) in [5, 5.41) is 0. The number of methoxy groups -OCH3 is 1. The van der Waals surface area contributed by atoms with E-state index in [-0.39, 0.29) is 17.3 Å². The molecule has 3 aliphatic rings. The quantitative estimate of drug-likeness (QED) is 0.542. The summed E-state index contributed by atoms with van der Waals surface area (Å²) in [5.41, 5.74) is 1.97. The lowest BCUT2D eigenvalue weighted by Gasteiger charge is -2.37. The number of anilines is 1. The molecule has 3 atom stereocenters. The molecule has 1 aliphatic carbocycles. The number of nitrogens with zero attached hydrogens (tertiary/aromatic N) is 1. The van der Waals surface area contributed by atoms with Gasteiger partial charge in [-0.3, -0.25) is 14.4 Å². The molecule has 0 N–H and O–H groups in total. The van der Waals surface area contributed by atoms with Crippen molar-refractivity contribution in [2.45, 2.75) is 24.9 Å². The van der Waals surface area contributed by atoms with E-state index in [0.29, 0.717) is 16.9 Å². The number of ketones is 3. The van der Waals surface area contributed by atoms with Crippen LogP contribution in [0.1, 0.15) is 44.7 Å². The number of hydrogen-bond acceptors (Lipinski definition) is 5. The molecular formula is C29H23NO4. The highest BCUT2D eigenvalue weighted by Crippen LogP contribution is 2.60. The van der Waals surface area contributed by atoms with Gasteiger partial charge in [0, 0.05) is 22.7 Å². The van der Waals surface area contributed by atoms with Crippen LogP contribution in [0, 0.1) is 5.41 Å². The van der Waals surface area contributed by atoms with Gasteiger partial charge in [0.25, 0.3) is 0 Å². The SMILES string of the molecule is COc1cccc([C@H]2[C@H](C(C)=O)N3c4ccccc4C=CC3C23C(=O)c2ccccc2C3=O)c1. The Balaban J connectivity index is 1.69. The lowest BCUT2D eigenvalue weighted by molar-refractivity contribution is -0.118. The topological polar surface area (TPSA) is 63.7 Å². The summed E-state index contributed by atoms with van der Waals surface area (Å²) >= 11 is 0. The van der Waals surface area contributed by atoms with Crippen LogP contribution >= 0.6 is 0 Å². The van der Waals surface area contributed by atoms with Crippen LogP contribution in [-0.2, 0) is 4.79 Å². The van der Waals surface area contributed by atoms with Crippen LogP contribution in [0.5, 0.6) is 5.75 Å². The average Bonchev–Trinajstić information content (AvgIpc) is 3.31. The average molecular weight is 450 g/mol. The smallest absolute Gasteiger partial charge is 0.180 e. The molecule has 34 heavy (non-hydrogen) atoms. The number of para-hydroxylation sites is 1. The Morgan fingerprint density at radius 1 is 0.912 bits per heavy atom. The first-order valence-electron chi connectivity index (χ1n) is 11.4. The van der Waals surface area contributed by atoms with E-state index in [1.807, 2.05) is 65.6 Å². The first-order chi connectivity index (χ1) is 16.5. The first-order valence-corrected chi connectivity index (χ1v) is 11.4. The predicted molar refractivity (Wildman–Crippen MR) is 129 cm³/mol. The van der Waals surface area contributed by atoms with Gasteiger partial charge in [0.15, 0.2) is 17.3 Å². The van der Waals surface area contributed by atoms with Gasteiger partial charge >= 0.3 is 0 Å². The third-order valence-corrected chi connectivity index (χ3v) is 7.58. The summed E-state index contributed by atoms with van der Waals surface area (Å²) < 4.78 is 5.47. The molecule has 5 nitrogen and oxygen atoms in total. The molecule has 0 saturated carbocycles. The van der Waals surface area contributed by atoms with Gasteiger partial charge in [-0.25, -0.2) is 0 Å². The van der Waals surface area contributed by atoms with Gasteiger partial charge in [-0.15, -0.1) is 0 Å². The molecule has 0 amide bonds. The number of benzene rings is 3. The summed E-state index contributed by atoms with van der Waals surface area (Å²) in [6.07, 6.45) is 3.90. The Hall–Kier alpha value is -3.99. The zero-order chi connectivity index (χ0) is 23.6. The van der Waals surface area contributed by atoms with E-state index in [0.717, 1.165) is 16.8 Å². The summed E-state index contributed by atoms with van der Waals surface area (Å²) in [7, 11) is 1.58. The van der Waals surface area contributed by atoms with Crippen LogP contribution < -0.4 is 9.64 Å². The summed E-state index contributed by atoms with van der Waals surface area (Å²) in [6.45, 7) is 1.55. The maximum absolute atomic E-state index is 14.3. The van der Waals surface area contributed by atoms with Crippen LogP contribution in [0.4, 0.5) is 5.69 Å². The van der Waals surface area contributed by atoms with Gasteiger partial charge in [-0.2, -0.15) is 0 Å². The highest BCUT2D eigenvalue weighted by Gasteiger charge is 2.71. The molecule has 1 saturated heterocycles. The van der Waals surface area contributed by atoms with Crippen molar-refractivity contribution in [2.75, 3.05) is 12.0 Å². The molecule has 5 heteroatoms. The standard InChI is InChI=1S/C29H23NO4/c1-17(31)26-25(19-9-7-10-20(16-19)34-2)29(27(32)21-11-4-5-12-22(21)28(29)33)24-15-14-18-8-3-6-13-23(18)30(24)26/h3-16,24-26H,1-2H3/t24?,25-,26-/m0/s1. The zero-order valence-corrected chi connectivity index (χ0v) is 18.9. The zero-order valence-electron chi connectivity index (χ0n) is 18.9. The maximum Gasteiger partial charge on any atom is 0.180 e. The predicted octanol–water partition coefficient (Wildman–Crippen LogP) is 4.72. The molecule has 0 radical (unpaired) electrons. The fourth-order valence-electron chi connectivity index (χ4n) is 6.28. The number of Topliss-reactive ketones (excluding diaryl/α,β-unsaturated/α-hetero) is 3. The number of carbonyl (C=O) groups is 3. The molecule has 1 spiro atoms. The van der Waals surface area contributed by atoms with Gasteiger partial charge in [0.2, 0.25) is 0 Å². The Morgan fingerprint density at radius 3 is 2.26 bits per heavy atom. The molecule has 2 aliphatic heterocycles. The van der Waals surface area contributed by atoms with Crippen LogP contribution in [0.2, 0.25) is 0 Å². The lowest BCUT2D eigenvalue weighted by atomic mass is 9.64. The van der Waals surface area contributed by atoms with E-state index in [1.54, 1.807) is 38.3 Å². The van der Waals surface area contributed by atoms with Gasteiger partial charge in [0.05, 0.1) is 19.2 Å². The second kappa shape index (κ2) is 7.26. The molecule has 0 bridgehead atoms. The van der Waals surface area contributed by atoms with Crippen molar-refractivity contribution in [3.63, 3.8) is 0 Å². The van der Waals surface area contributed by atoms with Crippen molar-refractivity contribution < 1.29 is 19.1 Å². The molecule has 6 rings (SSSR count). The van der Waals surface area contributed by atoms with Crippen LogP contribution in [0.3, 0.4) is 0 Å². The summed E-state index contributed by atoms with van der Waals surface area (Å²) in [6, 6.07) is 20.9. The second-order valence-electron chi connectivity index (χ2n) is 9.15. The highest BCUT2D eigenvalue weighted by atomic mass is 16.5. The van der Waals surface area contributed by atoms with Crippen molar-refractivity contribution in [1.29, 1.82) is 0 Å². The third kappa shape index (κ3) is 2.47. The van der Waals surface area contributed by atoms with Gasteiger partial charge in [-0.1, -0.05) is 66.7 Å². The molecule has 1 fully saturated rings. The molecule has 3 aromatic rings. The fourth-order valence-corrected chi connectivity index (χ4v) is 6.28. The van der Waals surface area contributed by atoms with Crippen molar-refractivity contribution in [3.05, 3.63) is 101 Å². The molecule has 2 heterocycles. The van der Waals surface area contributed by atoms with E-state index in [2.05, 4.69) is 0 Å². The van der Waals surface area contributed by atoms with Gasteiger partial charge in [0.1, 0.15) is 11.2 Å². The van der Waals surface area contributed by atoms with E-state index in [1.165, 1.54) is 0 Å². The van der Waals surface area contributed by atoms with Crippen molar-refractivity contribution in [2.24, 2.45) is 5.41 Å². The molecule has 168 valence electrons. The van der Waals surface area contributed by atoms with Gasteiger partial charge in [-0.05, 0) is 36.2 Å². The Bertz CT molecular complexity index is 1370. The molecule has 0 aromatic heterocycles. The van der Waals surface area contributed by atoms with E-state index in [9.17, 15) is 14.4 Å². The highest BCUT2D eigenvalue weighted by molar-refractivity contribution is 6.32. The van der Waals surface area contributed by atoms with Crippen LogP contribution in [0.15, 0.2) is 78.9 Å². The first kappa shape index (κ1) is 20.6. The Morgan fingerprint density at radius 2 is 1.59 bits per heavy atom. The van der Waals surface area contributed by atoms with E-state index < -0.39 is 23.4 Å². The number of ether oxygens (including phenoxy) is 1. The summed E-state index contributed by atoms with van der Waals surface area (Å²) in [4.78, 5) is 43.9. The molecule has 3 aromatic carbocycles. The number of hydrogen-bond donors (Lipinski definition) is 0. The molecular weight excluding hydrogens is 426 g/mol. The monoisotopic (exact) mass is 449 g/mol. The van der Waals surface area contributed by atoms with Crippen molar-refractivity contribution in [1.82, 2.24) is 0 Å². The second-order valence-corrected chi connectivity index (χ2v) is 9.15.